The van der Waals surface area contributed by atoms with E-state index in [1.807, 2.05) is 0 Å². The maximum absolute atomic E-state index is 12.2. The zero-order valence-corrected chi connectivity index (χ0v) is 12.4. The minimum absolute atomic E-state index is 0.0293. The number of benzene rings is 1. The predicted molar refractivity (Wildman–Crippen MR) is 77.5 cm³/mol. The van der Waals surface area contributed by atoms with Gasteiger partial charge in [-0.05, 0) is 24.7 Å². The second kappa shape index (κ2) is 6.32. The summed E-state index contributed by atoms with van der Waals surface area (Å²) >= 11 is 5.81. The number of aromatic hydroxyl groups is 1. The first-order valence-electron chi connectivity index (χ1n) is 6.56. The number of nitrogens with zero attached hydrogens (tertiary/aromatic N) is 2. The SMILES string of the molecule is CN1CCN(C(=O)Cc2ccc(O)c(Cl)c2)C[C@H]1C(=O)O. The number of piperazine rings is 1. The van der Waals surface area contributed by atoms with Crippen LogP contribution in [-0.2, 0) is 16.0 Å². The maximum atomic E-state index is 12.2. The van der Waals surface area contributed by atoms with Gasteiger partial charge >= 0.3 is 5.97 Å². The van der Waals surface area contributed by atoms with Crippen LogP contribution in [0.5, 0.6) is 5.75 Å². The van der Waals surface area contributed by atoms with Gasteiger partial charge < -0.3 is 15.1 Å². The summed E-state index contributed by atoms with van der Waals surface area (Å²) in [5.74, 6) is -1.10. The van der Waals surface area contributed by atoms with E-state index in [1.54, 1.807) is 29.0 Å². The number of phenolic OH excluding ortho intramolecular Hbond substituents is 1. The minimum Gasteiger partial charge on any atom is -0.506 e. The molecule has 0 spiro atoms. The highest BCUT2D eigenvalue weighted by Gasteiger charge is 2.31. The number of halogens is 1. The van der Waals surface area contributed by atoms with Crippen LogP contribution in [0.1, 0.15) is 5.56 Å². The summed E-state index contributed by atoms with van der Waals surface area (Å²) in [6, 6.07) is 3.93. The average Bonchev–Trinajstić information content (AvgIpc) is 2.43. The van der Waals surface area contributed by atoms with Gasteiger partial charge in [-0.3, -0.25) is 14.5 Å². The van der Waals surface area contributed by atoms with Crippen molar-refractivity contribution in [1.82, 2.24) is 9.80 Å². The van der Waals surface area contributed by atoms with E-state index in [0.717, 1.165) is 0 Å². The fraction of sp³-hybridized carbons (Fsp3) is 0.429. The van der Waals surface area contributed by atoms with E-state index < -0.39 is 12.0 Å². The molecule has 0 radical (unpaired) electrons. The fourth-order valence-electron chi connectivity index (χ4n) is 2.31. The molecule has 21 heavy (non-hydrogen) atoms. The van der Waals surface area contributed by atoms with Gasteiger partial charge in [-0.2, -0.15) is 0 Å². The van der Waals surface area contributed by atoms with Crippen LogP contribution in [0.3, 0.4) is 0 Å². The second-order valence-electron chi connectivity index (χ2n) is 5.14. The quantitative estimate of drug-likeness (QED) is 0.863. The molecule has 7 heteroatoms. The zero-order valence-electron chi connectivity index (χ0n) is 11.6. The Bertz CT molecular complexity index is 564. The van der Waals surface area contributed by atoms with Crippen molar-refractivity contribution in [3.8, 4) is 5.75 Å². The van der Waals surface area contributed by atoms with E-state index in [0.29, 0.717) is 18.7 Å². The zero-order chi connectivity index (χ0) is 15.6. The number of likely N-dealkylation sites (N-methyl/N-ethyl adjacent to an activating group) is 1. The smallest absolute Gasteiger partial charge is 0.322 e. The second-order valence-corrected chi connectivity index (χ2v) is 5.54. The van der Waals surface area contributed by atoms with Gasteiger partial charge in [-0.1, -0.05) is 17.7 Å². The van der Waals surface area contributed by atoms with E-state index in [1.165, 1.54) is 6.07 Å². The lowest BCUT2D eigenvalue weighted by molar-refractivity contribution is -0.147. The molecule has 1 aromatic rings. The summed E-state index contributed by atoms with van der Waals surface area (Å²) in [6.45, 7) is 1.21. The maximum Gasteiger partial charge on any atom is 0.322 e. The summed E-state index contributed by atoms with van der Waals surface area (Å²) in [5.41, 5.74) is 0.689. The van der Waals surface area contributed by atoms with Crippen molar-refractivity contribution in [1.29, 1.82) is 0 Å². The molecule has 1 atom stereocenters. The Morgan fingerprint density at radius 3 is 2.71 bits per heavy atom. The molecule has 1 saturated heterocycles. The number of carboxylic acids is 1. The summed E-state index contributed by atoms with van der Waals surface area (Å²) in [6.07, 6.45) is 0.135. The molecule has 0 aromatic heterocycles. The van der Waals surface area contributed by atoms with E-state index in [4.69, 9.17) is 16.7 Å². The number of carboxylic acid groups (broad SMARTS) is 1. The average molecular weight is 313 g/mol. The Kier molecular flexibility index (Phi) is 4.69. The first kappa shape index (κ1) is 15.6. The molecule has 1 amide bonds. The number of hydrogen-bond donors (Lipinski definition) is 2. The summed E-state index contributed by atoms with van der Waals surface area (Å²) < 4.78 is 0. The van der Waals surface area contributed by atoms with Crippen LogP contribution < -0.4 is 0 Å². The molecule has 1 fully saturated rings. The van der Waals surface area contributed by atoms with Gasteiger partial charge in [0.15, 0.2) is 0 Å². The largest absolute Gasteiger partial charge is 0.506 e. The highest BCUT2D eigenvalue weighted by molar-refractivity contribution is 6.32. The summed E-state index contributed by atoms with van der Waals surface area (Å²) in [5, 5.41) is 18.7. The summed E-state index contributed by atoms with van der Waals surface area (Å²) in [4.78, 5) is 26.7. The van der Waals surface area contributed by atoms with Crippen molar-refractivity contribution in [2.45, 2.75) is 12.5 Å². The lowest BCUT2D eigenvalue weighted by Crippen LogP contribution is -2.56. The summed E-state index contributed by atoms with van der Waals surface area (Å²) in [7, 11) is 1.74. The number of aliphatic carboxylic acids is 1. The third-order valence-corrected chi connectivity index (χ3v) is 3.96. The monoisotopic (exact) mass is 312 g/mol. The Labute approximate surface area is 127 Å². The number of hydrogen-bond acceptors (Lipinski definition) is 4. The molecule has 2 rings (SSSR count). The number of phenols is 1. The molecular weight excluding hydrogens is 296 g/mol. The first-order valence-corrected chi connectivity index (χ1v) is 6.94. The molecule has 1 aliphatic rings. The van der Waals surface area contributed by atoms with Gasteiger partial charge in [-0.15, -0.1) is 0 Å². The van der Waals surface area contributed by atoms with Crippen LogP contribution in [-0.4, -0.2) is 64.6 Å². The van der Waals surface area contributed by atoms with Gasteiger partial charge in [0.2, 0.25) is 5.91 Å². The van der Waals surface area contributed by atoms with E-state index in [9.17, 15) is 14.7 Å². The molecule has 114 valence electrons. The standard InChI is InChI=1S/C14H17ClN2O4/c1-16-4-5-17(8-11(16)14(20)21)13(19)7-9-2-3-12(18)10(15)6-9/h2-3,6,11,18H,4-5,7-8H2,1H3,(H,20,21)/t11-/m0/s1. The molecule has 1 aliphatic heterocycles. The molecule has 0 saturated carbocycles. The third-order valence-electron chi connectivity index (χ3n) is 3.65. The normalized spacial score (nSPS) is 19.5. The molecule has 6 nitrogen and oxygen atoms in total. The molecular formula is C14H17ClN2O4. The Hall–Kier alpha value is -1.79. The lowest BCUT2D eigenvalue weighted by Gasteiger charge is -2.37. The van der Waals surface area contributed by atoms with Crippen molar-refractivity contribution >= 4 is 23.5 Å². The van der Waals surface area contributed by atoms with Crippen LogP contribution in [0.15, 0.2) is 18.2 Å². The van der Waals surface area contributed by atoms with Crippen molar-refractivity contribution in [3.05, 3.63) is 28.8 Å². The van der Waals surface area contributed by atoms with Crippen molar-refractivity contribution < 1.29 is 19.8 Å². The van der Waals surface area contributed by atoms with Crippen LogP contribution in [0.2, 0.25) is 5.02 Å². The predicted octanol–water partition coefficient (Wildman–Crippen LogP) is 0.815. The topological polar surface area (TPSA) is 81.1 Å². The van der Waals surface area contributed by atoms with Gasteiger partial charge in [0.05, 0.1) is 11.4 Å². The van der Waals surface area contributed by atoms with E-state index in [-0.39, 0.29) is 29.6 Å². The van der Waals surface area contributed by atoms with Gasteiger partial charge in [0, 0.05) is 19.6 Å². The Balaban J connectivity index is 2.03. The number of rotatable bonds is 3. The van der Waals surface area contributed by atoms with E-state index in [2.05, 4.69) is 0 Å². The van der Waals surface area contributed by atoms with Crippen molar-refractivity contribution in [3.63, 3.8) is 0 Å². The Morgan fingerprint density at radius 1 is 1.38 bits per heavy atom. The molecule has 0 unspecified atom stereocenters. The van der Waals surface area contributed by atoms with Crippen LogP contribution in [0, 0.1) is 0 Å². The first-order chi connectivity index (χ1) is 9.88. The Morgan fingerprint density at radius 2 is 2.10 bits per heavy atom. The molecule has 1 heterocycles. The van der Waals surface area contributed by atoms with Crippen LogP contribution in [0.25, 0.3) is 0 Å². The highest BCUT2D eigenvalue weighted by atomic mass is 35.5. The van der Waals surface area contributed by atoms with Gasteiger partial charge in [0.25, 0.3) is 0 Å². The minimum atomic E-state index is -0.928. The molecule has 1 aromatic carbocycles. The van der Waals surface area contributed by atoms with E-state index >= 15 is 0 Å². The number of amides is 1. The fourth-order valence-corrected chi connectivity index (χ4v) is 2.52. The van der Waals surface area contributed by atoms with Crippen molar-refractivity contribution in [2.75, 3.05) is 26.7 Å². The number of carbonyl (C=O) groups excluding carboxylic acids is 1. The molecule has 0 bridgehead atoms. The van der Waals surface area contributed by atoms with Crippen LogP contribution >= 0.6 is 11.6 Å². The van der Waals surface area contributed by atoms with Crippen LogP contribution in [0.4, 0.5) is 0 Å². The number of carbonyl (C=O) groups is 2. The molecule has 2 N–H and O–H groups in total. The molecule has 0 aliphatic carbocycles. The third kappa shape index (κ3) is 3.65. The van der Waals surface area contributed by atoms with Crippen molar-refractivity contribution in [2.24, 2.45) is 0 Å². The lowest BCUT2D eigenvalue weighted by atomic mass is 10.1. The highest BCUT2D eigenvalue weighted by Crippen LogP contribution is 2.24. The van der Waals surface area contributed by atoms with Gasteiger partial charge in [-0.25, -0.2) is 0 Å². The van der Waals surface area contributed by atoms with Gasteiger partial charge in [0.1, 0.15) is 11.8 Å².